The molecule has 1 aromatic rings. The van der Waals surface area contributed by atoms with Crippen molar-refractivity contribution in [3.8, 4) is 0 Å². The summed E-state index contributed by atoms with van der Waals surface area (Å²) in [5, 5.41) is 9.41. The van der Waals surface area contributed by atoms with E-state index in [9.17, 15) is 0 Å². The van der Waals surface area contributed by atoms with Crippen LogP contribution in [0.25, 0.3) is 0 Å². The third-order valence-corrected chi connectivity index (χ3v) is 2.18. The zero-order chi connectivity index (χ0) is 8.81. The predicted octanol–water partition coefficient (Wildman–Crippen LogP) is 3.08. The zero-order valence-corrected chi connectivity index (χ0v) is 8.94. The molecule has 0 fully saturated rings. The molecule has 74 valence electrons. The van der Waals surface area contributed by atoms with Gasteiger partial charge in [-0.05, 0) is 30.9 Å². The Hall–Kier alpha value is -0.240. The van der Waals surface area contributed by atoms with Crippen LogP contribution >= 0.6 is 24.0 Å². The van der Waals surface area contributed by atoms with Gasteiger partial charge in [0.1, 0.15) is 0 Å². The summed E-state index contributed by atoms with van der Waals surface area (Å²) in [6.07, 6.45) is 2.81. The normalized spacial score (nSPS) is 9.38. The van der Waals surface area contributed by atoms with Crippen LogP contribution in [-0.2, 0) is 6.42 Å². The summed E-state index contributed by atoms with van der Waals surface area (Å²) in [4.78, 5) is 0. The number of benzene rings is 1. The highest BCUT2D eigenvalue weighted by atomic mass is 35.5. The van der Waals surface area contributed by atoms with Crippen LogP contribution in [0, 0.1) is 0 Å². The summed E-state index contributed by atoms with van der Waals surface area (Å²) in [7, 11) is 0. The Bertz CT molecular complexity index is 238. The van der Waals surface area contributed by atoms with Crippen molar-refractivity contribution in [3.63, 3.8) is 0 Å². The van der Waals surface area contributed by atoms with E-state index in [0.717, 1.165) is 24.3 Å². The van der Waals surface area contributed by atoms with Crippen molar-refractivity contribution in [2.75, 3.05) is 6.61 Å². The quantitative estimate of drug-likeness (QED) is 0.774. The molecule has 0 saturated heterocycles. The highest BCUT2D eigenvalue weighted by Crippen LogP contribution is 2.16. The van der Waals surface area contributed by atoms with Gasteiger partial charge in [0.2, 0.25) is 0 Å². The van der Waals surface area contributed by atoms with E-state index >= 15 is 0 Å². The molecular formula is C10H14Cl2O. The number of aryl methyl sites for hydroxylation is 1. The Morgan fingerprint density at radius 3 is 2.46 bits per heavy atom. The fourth-order valence-corrected chi connectivity index (χ4v) is 1.36. The number of hydrogen-bond donors (Lipinski definition) is 1. The lowest BCUT2D eigenvalue weighted by Crippen LogP contribution is -1.89. The Balaban J connectivity index is 0.00000144. The largest absolute Gasteiger partial charge is 0.396 e. The third-order valence-electron chi connectivity index (χ3n) is 1.81. The smallest absolute Gasteiger partial charge is 0.0437 e. The number of halogens is 2. The van der Waals surface area contributed by atoms with E-state index in [-0.39, 0.29) is 19.0 Å². The zero-order valence-electron chi connectivity index (χ0n) is 7.37. The second-order valence-corrected chi connectivity index (χ2v) is 3.18. The maximum absolute atomic E-state index is 8.58. The number of aliphatic hydroxyl groups is 1. The molecule has 1 nitrogen and oxygen atoms in total. The standard InChI is InChI=1S/C10H13ClO.ClH/c11-10-7-2-1-5-9(10)6-3-4-8-12;/h1-2,5,7,12H,3-4,6,8H2;1H. The molecular weight excluding hydrogens is 207 g/mol. The van der Waals surface area contributed by atoms with Gasteiger partial charge in [0.05, 0.1) is 0 Å². The summed E-state index contributed by atoms with van der Waals surface area (Å²) in [6, 6.07) is 7.84. The van der Waals surface area contributed by atoms with Gasteiger partial charge in [0.15, 0.2) is 0 Å². The van der Waals surface area contributed by atoms with Gasteiger partial charge in [-0.1, -0.05) is 29.8 Å². The van der Waals surface area contributed by atoms with Crippen molar-refractivity contribution in [1.82, 2.24) is 0 Å². The van der Waals surface area contributed by atoms with E-state index < -0.39 is 0 Å². The van der Waals surface area contributed by atoms with Crippen LogP contribution in [0.4, 0.5) is 0 Å². The highest BCUT2D eigenvalue weighted by molar-refractivity contribution is 6.31. The van der Waals surface area contributed by atoms with Gasteiger partial charge in [-0.2, -0.15) is 0 Å². The molecule has 0 heterocycles. The molecule has 1 N–H and O–H groups in total. The Morgan fingerprint density at radius 2 is 1.85 bits per heavy atom. The fraction of sp³-hybridized carbons (Fsp3) is 0.400. The minimum atomic E-state index is 0. The topological polar surface area (TPSA) is 20.2 Å². The molecule has 0 radical (unpaired) electrons. The van der Waals surface area contributed by atoms with Crippen LogP contribution in [0.3, 0.4) is 0 Å². The fourth-order valence-electron chi connectivity index (χ4n) is 1.13. The van der Waals surface area contributed by atoms with E-state index in [1.807, 2.05) is 24.3 Å². The second kappa shape index (κ2) is 7.19. The molecule has 0 amide bonds. The lowest BCUT2D eigenvalue weighted by Gasteiger charge is -2.01. The number of hydrogen-bond acceptors (Lipinski definition) is 1. The van der Waals surface area contributed by atoms with E-state index in [4.69, 9.17) is 16.7 Å². The maximum Gasteiger partial charge on any atom is 0.0437 e. The molecule has 13 heavy (non-hydrogen) atoms. The van der Waals surface area contributed by atoms with Crippen molar-refractivity contribution in [2.24, 2.45) is 0 Å². The summed E-state index contributed by atoms with van der Waals surface area (Å²) in [5.41, 5.74) is 1.17. The first kappa shape index (κ1) is 12.8. The minimum absolute atomic E-state index is 0. The van der Waals surface area contributed by atoms with Gasteiger partial charge < -0.3 is 5.11 Å². The predicted molar refractivity (Wildman–Crippen MR) is 58.7 cm³/mol. The lowest BCUT2D eigenvalue weighted by atomic mass is 10.1. The molecule has 0 spiro atoms. The summed E-state index contributed by atoms with van der Waals surface area (Å²) in [5.74, 6) is 0. The molecule has 0 atom stereocenters. The SMILES string of the molecule is Cl.OCCCCc1ccccc1Cl. The molecule has 0 aliphatic carbocycles. The molecule has 0 bridgehead atoms. The van der Waals surface area contributed by atoms with Gasteiger partial charge in [-0.3, -0.25) is 0 Å². The van der Waals surface area contributed by atoms with Crippen molar-refractivity contribution in [3.05, 3.63) is 34.9 Å². The van der Waals surface area contributed by atoms with Gasteiger partial charge in [-0.15, -0.1) is 12.4 Å². The molecule has 3 heteroatoms. The average molecular weight is 221 g/mol. The summed E-state index contributed by atoms with van der Waals surface area (Å²) < 4.78 is 0. The Morgan fingerprint density at radius 1 is 1.15 bits per heavy atom. The van der Waals surface area contributed by atoms with E-state index in [2.05, 4.69) is 0 Å². The first-order chi connectivity index (χ1) is 5.84. The Labute approximate surface area is 90.1 Å². The van der Waals surface area contributed by atoms with Crippen LogP contribution in [0.1, 0.15) is 18.4 Å². The van der Waals surface area contributed by atoms with Crippen LogP contribution in [-0.4, -0.2) is 11.7 Å². The molecule has 1 aromatic carbocycles. The van der Waals surface area contributed by atoms with Crippen molar-refractivity contribution >= 4 is 24.0 Å². The van der Waals surface area contributed by atoms with E-state index in [1.165, 1.54) is 5.56 Å². The van der Waals surface area contributed by atoms with Crippen molar-refractivity contribution < 1.29 is 5.11 Å². The van der Waals surface area contributed by atoms with Crippen LogP contribution < -0.4 is 0 Å². The van der Waals surface area contributed by atoms with Crippen LogP contribution in [0.5, 0.6) is 0 Å². The van der Waals surface area contributed by atoms with Crippen molar-refractivity contribution in [1.29, 1.82) is 0 Å². The van der Waals surface area contributed by atoms with Gasteiger partial charge in [0.25, 0.3) is 0 Å². The first-order valence-electron chi connectivity index (χ1n) is 4.19. The number of aliphatic hydroxyl groups excluding tert-OH is 1. The average Bonchev–Trinajstić information content (AvgIpc) is 2.09. The minimum Gasteiger partial charge on any atom is -0.396 e. The highest BCUT2D eigenvalue weighted by Gasteiger charge is 1.97. The first-order valence-corrected chi connectivity index (χ1v) is 4.56. The molecule has 0 aliphatic heterocycles. The monoisotopic (exact) mass is 220 g/mol. The number of rotatable bonds is 4. The van der Waals surface area contributed by atoms with Gasteiger partial charge in [0, 0.05) is 11.6 Å². The van der Waals surface area contributed by atoms with Gasteiger partial charge >= 0.3 is 0 Å². The molecule has 1 rings (SSSR count). The van der Waals surface area contributed by atoms with Crippen LogP contribution in [0.2, 0.25) is 5.02 Å². The number of unbranched alkanes of at least 4 members (excludes halogenated alkanes) is 1. The van der Waals surface area contributed by atoms with Crippen LogP contribution in [0.15, 0.2) is 24.3 Å². The molecule has 0 saturated carbocycles. The summed E-state index contributed by atoms with van der Waals surface area (Å²) >= 11 is 5.94. The molecule has 0 unspecified atom stereocenters. The lowest BCUT2D eigenvalue weighted by molar-refractivity contribution is 0.284. The second-order valence-electron chi connectivity index (χ2n) is 2.77. The van der Waals surface area contributed by atoms with E-state index in [0.29, 0.717) is 0 Å². The van der Waals surface area contributed by atoms with Crippen molar-refractivity contribution in [2.45, 2.75) is 19.3 Å². The molecule has 0 aromatic heterocycles. The Kier molecular flexibility index (Phi) is 7.06. The van der Waals surface area contributed by atoms with E-state index in [1.54, 1.807) is 0 Å². The molecule has 0 aliphatic rings. The maximum atomic E-state index is 8.58. The summed E-state index contributed by atoms with van der Waals surface area (Å²) in [6.45, 7) is 0.268. The third kappa shape index (κ3) is 4.51. The van der Waals surface area contributed by atoms with Gasteiger partial charge in [-0.25, -0.2) is 0 Å².